The third-order valence-corrected chi connectivity index (χ3v) is 6.66. The lowest BCUT2D eigenvalue weighted by Crippen LogP contribution is -2.46. The summed E-state index contributed by atoms with van der Waals surface area (Å²) in [6, 6.07) is 1.32. The Bertz CT molecular complexity index is 920. The summed E-state index contributed by atoms with van der Waals surface area (Å²) < 4.78 is 28.9. The minimum absolute atomic E-state index is 0.0245. The van der Waals surface area contributed by atoms with Crippen molar-refractivity contribution in [2.45, 2.75) is 70.5 Å². The molecule has 1 aromatic rings. The number of nitrogens with one attached hydrogen (secondary N) is 1. The van der Waals surface area contributed by atoms with Crippen LogP contribution in [0.4, 0.5) is 5.82 Å². The number of anilines is 1. The zero-order valence-electron chi connectivity index (χ0n) is 19.6. The minimum Gasteiger partial charge on any atom is -0.464 e. The van der Waals surface area contributed by atoms with Crippen molar-refractivity contribution in [3.63, 3.8) is 0 Å². The van der Waals surface area contributed by atoms with Crippen LogP contribution < -0.4 is 16.5 Å². The predicted molar refractivity (Wildman–Crippen MR) is 121 cm³/mol. The van der Waals surface area contributed by atoms with Crippen molar-refractivity contribution in [1.82, 2.24) is 14.6 Å². The maximum absolute atomic E-state index is 12.3. The molecule has 1 aliphatic heterocycles. The molecule has 34 heavy (non-hydrogen) atoms. The van der Waals surface area contributed by atoms with Gasteiger partial charge in [0.05, 0.1) is 12.5 Å². The van der Waals surface area contributed by atoms with Crippen molar-refractivity contribution < 1.29 is 38.5 Å². The minimum atomic E-state index is -4.34. The third kappa shape index (κ3) is 7.32. The van der Waals surface area contributed by atoms with Crippen LogP contribution in [0.1, 0.15) is 52.7 Å². The molecule has 1 aromatic heterocycles. The average molecular weight is 506 g/mol. The van der Waals surface area contributed by atoms with Gasteiger partial charge in [-0.15, -0.1) is 0 Å². The van der Waals surface area contributed by atoms with Gasteiger partial charge in [0, 0.05) is 12.7 Å². The number of hydrogen-bond donors (Lipinski definition) is 5. The molecule has 2 rings (SSSR count). The summed E-state index contributed by atoms with van der Waals surface area (Å²) in [5.74, 6) is -0.566. The average Bonchev–Trinajstić information content (AvgIpc) is 2.98. The van der Waals surface area contributed by atoms with Gasteiger partial charge in [0.25, 0.3) is 0 Å². The topological polar surface area (TPSA) is 195 Å². The molecule has 1 fully saturated rings. The summed E-state index contributed by atoms with van der Waals surface area (Å²) in [6.07, 6.45) is 0.287. The van der Waals surface area contributed by atoms with Crippen LogP contribution >= 0.6 is 7.75 Å². The van der Waals surface area contributed by atoms with E-state index in [-0.39, 0.29) is 30.9 Å². The maximum Gasteiger partial charge on any atom is 0.403 e. The number of ether oxygens (including phenoxy) is 2. The second-order valence-corrected chi connectivity index (χ2v) is 10.0. The summed E-state index contributed by atoms with van der Waals surface area (Å²) in [7, 11) is -4.34. The number of nitrogens with two attached hydrogens (primary N) is 1. The monoisotopic (exact) mass is 506 g/mol. The number of carbonyl (C=O) groups excluding carboxylic acids is 1. The molecule has 0 aromatic carbocycles. The van der Waals surface area contributed by atoms with Crippen LogP contribution in [0, 0.1) is 5.92 Å². The summed E-state index contributed by atoms with van der Waals surface area (Å²) in [4.78, 5) is 37.8. The lowest BCUT2D eigenvalue weighted by Gasteiger charge is -2.27. The van der Waals surface area contributed by atoms with E-state index in [2.05, 4.69) is 10.1 Å². The van der Waals surface area contributed by atoms with Gasteiger partial charge in [0.1, 0.15) is 30.2 Å². The van der Waals surface area contributed by atoms with E-state index in [0.29, 0.717) is 0 Å². The normalized spacial score (nSPS) is 26.5. The van der Waals surface area contributed by atoms with E-state index in [1.54, 1.807) is 0 Å². The fourth-order valence-corrected chi connectivity index (χ4v) is 4.55. The van der Waals surface area contributed by atoms with E-state index < -0.39 is 44.1 Å². The van der Waals surface area contributed by atoms with Crippen LogP contribution in [0.25, 0.3) is 0 Å². The van der Waals surface area contributed by atoms with Crippen LogP contribution in [0.3, 0.4) is 0 Å². The molecule has 0 aliphatic carbocycles. The smallest absolute Gasteiger partial charge is 0.403 e. The molecule has 2 heterocycles. The van der Waals surface area contributed by atoms with E-state index in [1.165, 1.54) is 19.2 Å². The Kier molecular flexibility index (Phi) is 10.2. The van der Waals surface area contributed by atoms with Crippen LogP contribution in [0.5, 0.6) is 0 Å². The quantitative estimate of drug-likeness (QED) is 0.140. The highest BCUT2D eigenvalue weighted by Crippen LogP contribution is 2.41. The molecular formula is C20H35N4O9P. The van der Waals surface area contributed by atoms with Gasteiger partial charge in [-0.2, -0.15) is 4.98 Å². The van der Waals surface area contributed by atoms with Crippen molar-refractivity contribution >= 4 is 19.5 Å². The number of esters is 1. The molecule has 1 saturated heterocycles. The largest absolute Gasteiger partial charge is 0.464 e. The zero-order valence-corrected chi connectivity index (χ0v) is 20.5. The molecule has 6 N–H and O–H groups in total. The van der Waals surface area contributed by atoms with E-state index >= 15 is 0 Å². The molecule has 14 heteroatoms. The predicted octanol–water partition coefficient (Wildman–Crippen LogP) is 0.301. The first-order chi connectivity index (χ1) is 15.9. The molecule has 0 radical (unpaired) electrons. The second kappa shape index (κ2) is 12.2. The van der Waals surface area contributed by atoms with Crippen LogP contribution in [0.2, 0.25) is 0 Å². The van der Waals surface area contributed by atoms with E-state index in [9.17, 15) is 29.3 Å². The van der Waals surface area contributed by atoms with Crippen molar-refractivity contribution in [1.29, 1.82) is 0 Å². The van der Waals surface area contributed by atoms with E-state index in [0.717, 1.165) is 30.3 Å². The molecule has 0 amide bonds. The van der Waals surface area contributed by atoms with Crippen molar-refractivity contribution in [2.24, 2.45) is 5.92 Å². The summed E-state index contributed by atoms with van der Waals surface area (Å²) in [6.45, 7) is 4.39. The highest BCUT2D eigenvalue weighted by atomic mass is 31.2. The standard InChI is InChI=1S/C20H35N4O9P/c1-4-6-13(7-5-2)17(26)31-11-9-22-34(29,30)32-12-14-16(25)20(3,28)18(33-14)24-10-8-15(21)23-19(24)27/h8,10,13-14,16,18,25,28H,4-7,9,11-12H2,1-3H3,(H2,21,23,27)(H2,22,29,30)/t14-,16-,18-,20-/m1/s1. The first-order valence-electron chi connectivity index (χ1n) is 11.2. The number of rotatable bonds is 13. The molecule has 1 unspecified atom stereocenters. The second-order valence-electron chi connectivity index (χ2n) is 8.41. The fourth-order valence-electron chi connectivity index (χ4n) is 3.74. The summed E-state index contributed by atoms with van der Waals surface area (Å²) >= 11 is 0. The van der Waals surface area contributed by atoms with Crippen LogP contribution in [0.15, 0.2) is 17.1 Å². The lowest BCUT2D eigenvalue weighted by atomic mass is 9.96. The molecule has 5 atom stereocenters. The van der Waals surface area contributed by atoms with Gasteiger partial charge in [0.15, 0.2) is 6.23 Å². The van der Waals surface area contributed by atoms with E-state index in [1.807, 2.05) is 13.8 Å². The van der Waals surface area contributed by atoms with Gasteiger partial charge in [-0.25, -0.2) is 14.4 Å². The molecule has 0 saturated carbocycles. The first kappa shape index (κ1) is 28.4. The first-order valence-corrected chi connectivity index (χ1v) is 12.8. The molecule has 0 spiro atoms. The molecule has 13 nitrogen and oxygen atoms in total. The number of hydrogen-bond acceptors (Lipinski definition) is 10. The van der Waals surface area contributed by atoms with Crippen molar-refractivity contribution in [3.05, 3.63) is 22.7 Å². The van der Waals surface area contributed by atoms with E-state index in [4.69, 9.17) is 19.7 Å². The summed E-state index contributed by atoms with van der Waals surface area (Å²) in [5.41, 5.74) is 2.73. The molecule has 0 bridgehead atoms. The van der Waals surface area contributed by atoms with Crippen LogP contribution in [-0.4, -0.2) is 68.2 Å². The molecular weight excluding hydrogens is 471 g/mol. The Hall–Kier alpha value is -1.86. The molecule has 1 aliphatic rings. The van der Waals surface area contributed by atoms with Gasteiger partial charge in [-0.05, 0) is 25.8 Å². The highest BCUT2D eigenvalue weighted by molar-refractivity contribution is 7.50. The van der Waals surface area contributed by atoms with Gasteiger partial charge >= 0.3 is 19.4 Å². The van der Waals surface area contributed by atoms with Crippen molar-refractivity contribution in [3.8, 4) is 0 Å². The number of nitrogens with zero attached hydrogens (tertiary/aromatic N) is 2. The summed E-state index contributed by atoms with van der Waals surface area (Å²) in [5, 5.41) is 23.4. The van der Waals surface area contributed by atoms with Gasteiger partial charge in [-0.3, -0.25) is 13.9 Å². The highest BCUT2D eigenvalue weighted by Gasteiger charge is 2.53. The molecule has 194 valence electrons. The Morgan fingerprint density at radius 2 is 2.06 bits per heavy atom. The van der Waals surface area contributed by atoms with Crippen LogP contribution in [-0.2, 0) is 23.4 Å². The number of carbonyl (C=O) groups is 1. The number of aromatic nitrogens is 2. The van der Waals surface area contributed by atoms with Gasteiger partial charge < -0.3 is 30.3 Å². The Balaban J connectivity index is 1.87. The maximum atomic E-state index is 12.3. The number of nitrogen functional groups attached to an aromatic ring is 1. The third-order valence-electron chi connectivity index (χ3n) is 5.54. The Morgan fingerprint density at radius 3 is 2.65 bits per heavy atom. The fraction of sp³-hybridized carbons (Fsp3) is 0.750. The zero-order chi connectivity index (χ0) is 25.5. The lowest BCUT2D eigenvalue weighted by molar-refractivity contribution is -0.148. The van der Waals surface area contributed by atoms with Gasteiger partial charge in [0.2, 0.25) is 0 Å². The SMILES string of the molecule is CCCC(CCC)C(=O)OCCNP(=O)(O)OC[C@H]1O[C@@H](n2ccc(N)nc2=O)[C@](C)(O)[C@@H]1O. The number of aliphatic hydroxyl groups excluding tert-OH is 1. The number of aliphatic hydroxyl groups is 2. The Labute approximate surface area is 197 Å². The Morgan fingerprint density at radius 1 is 1.41 bits per heavy atom. The van der Waals surface area contributed by atoms with Gasteiger partial charge in [-0.1, -0.05) is 26.7 Å². The van der Waals surface area contributed by atoms with Crippen molar-refractivity contribution in [2.75, 3.05) is 25.5 Å².